The van der Waals surface area contributed by atoms with E-state index in [1.165, 1.54) is 22.9 Å². The molecule has 2 N–H and O–H groups in total. The number of thioether (sulfide) groups is 1. The van der Waals surface area contributed by atoms with Gasteiger partial charge in [0.25, 0.3) is 5.78 Å². The Morgan fingerprint density at radius 3 is 2.59 bits per heavy atom. The molecule has 2 amide bonds. The van der Waals surface area contributed by atoms with Crippen LogP contribution in [0.3, 0.4) is 0 Å². The highest BCUT2D eigenvalue weighted by atomic mass is 32.2. The summed E-state index contributed by atoms with van der Waals surface area (Å²) in [6, 6.07) is 7.64. The zero-order valence-electron chi connectivity index (χ0n) is 15.0. The molecule has 0 spiro atoms. The highest BCUT2D eigenvalue weighted by Gasteiger charge is 2.30. The third-order valence-corrected chi connectivity index (χ3v) is 5.10. The SMILES string of the molecule is CCCC1SC=CN(CC(=O)N[C@@H](Cc2ccccc2)C(=O)C(=O)O)C1=O. The minimum atomic E-state index is -1.61. The molecule has 2 atom stereocenters. The van der Waals surface area contributed by atoms with Crippen molar-refractivity contribution in [3.63, 3.8) is 0 Å². The van der Waals surface area contributed by atoms with E-state index in [1.807, 2.05) is 6.92 Å². The van der Waals surface area contributed by atoms with Gasteiger partial charge in [-0.2, -0.15) is 0 Å². The first-order valence-electron chi connectivity index (χ1n) is 8.65. The third kappa shape index (κ3) is 5.96. The second kappa shape index (κ2) is 9.91. The molecular weight excluding hydrogens is 368 g/mol. The normalized spacial score (nSPS) is 17.4. The van der Waals surface area contributed by atoms with Crippen LogP contribution in [0.25, 0.3) is 0 Å². The number of hydrogen-bond donors (Lipinski definition) is 2. The van der Waals surface area contributed by atoms with Gasteiger partial charge in [0.15, 0.2) is 0 Å². The Labute approximate surface area is 161 Å². The van der Waals surface area contributed by atoms with Crippen molar-refractivity contribution < 1.29 is 24.3 Å². The Balaban J connectivity index is 2.03. The average molecular weight is 390 g/mol. The molecular formula is C19H22N2O5S. The van der Waals surface area contributed by atoms with E-state index < -0.39 is 23.7 Å². The second-order valence-corrected chi connectivity index (χ2v) is 7.26. The number of carbonyl (C=O) groups is 4. The van der Waals surface area contributed by atoms with E-state index in [0.717, 1.165) is 12.0 Å². The van der Waals surface area contributed by atoms with Crippen LogP contribution in [0.5, 0.6) is 0 Å². The maximum Gasteiger partial charge on any atom is 0.374 e. The quantitative estimate of drug-likeness (QED) is 0.621. The van der Waals surface area contributed by atoms with Gasteiger partial charge in [0.05, 0.1) is 5.25 Å². The molecule has 0 aromatic heterocycles. The molecule has 8 heteroatoms. The zero-order valence-corrected chi connectivity index (χ0v) is 15.8. The monoisotopic (exact) mass is 390 g/mol. The summed E-state index contributed by atoms with van der Waals surface area (Å²) in [6.45, 7) is 1.73. The average Bonchev–Trinajstić information content (AvgIpc) is 2.64. The Morgan fingerprint density at radius 1 is 1.26 bits per heavy atom. The van der Waals surface area contributed by atoms with Crippen LogP contribution < -0.4 is 5.32 Å². The van der Waals surface area contributed by atoms with Gasteiger partial charge >= 0.3 is 5.97 Å². The number of Topliss-reactive ketones (excluding diaryl/α,β-unsaturated/α-hetero) is 1. The van der Waals surface area contributed by atoms with E-state index in [4.69, 9.17) is 5.11 Å². The number of benzene rings is 1. The van der Waals surface area contributed by atoms with E-state index in [9.17, 15) is 19.2 Å². The summed E-state index contributed by atoms with van der Waals surface area (Å²) in [6.07, 6.45) is 3.16. The molecule has 27 heavy (non-hydrogen) atoms. The molecule has 0 aliphatic carbocycles. The third-order valence-electron chi connectivity index (χ3n) is 4.05. The number of carbonyl (C=O) groups excluding carboxylic acids is 3. The summed E-state index contributed by atoms with van der Waals surface area (Å²) in [4.78, 5) is 49.1. The van der Waals surface area contributed by atoms with Crippen LogP contribution in [0.1, 0.15) is 25.3 Å². The van der Waals surface area contributed by atoms with Crippen molar-refractivity contribution in [2.75, 3.05) is 6.54 Å². The topological polar surface area (TPSA) is 104 Å². The van der Waals surface area contributed by atoms with Crippen LogP contribution in [-0.2, 0) is 25.6 Å². The summed E-state index contributed by atoms with van der Waals surface area (Å²) in [5.41, 5.74) is 0.728. The number of nitrogens with one attached hydrogen (secondary N) is 1. The van der Waals surface area contributed by atoms with Crippen molar-refractivity contribution in [2.45, 2.75) is 37.5 Å². The fourth-order valence-electron chi connectivity index (χ4n) is 2.71. The van der Waals surface area contributed by atoms with Gasteiger partial charge in [-0.3, -0.25) is 14.4 Å². The fourth-order valence-corrected chi connectivity index (χ4v) is 3.74. The molecule has 7 nitrogen and oxygen atoms in total. The van der Waals surface area contributed by atoms with Crippen LogP contribution in [0.2, 0.25) is 0 Å². The van der Waals surface area contributed by atoms with E-state index in [2.05, 4.69) is 5.32 Å². The van der Waals surface area contributed by atoms with Gasteiger partial charge in [-0.25, -0.2) is 4.79 Å². The van der Waals surface area contributed by atoms with Crippen LogP contribution in [0, 0.1) is 0 Å². The maximum atomic E-state index is 12.4. The first kappa shape index (κ1) is 20.7. The molecule has 0 radical (unpaired) electrons. The van der Waals surface area contributed by atoms with Gasteiger partial charge in [-0.05, 0) is 17.4 Å². The standard InChI is InChI=1S/C19H22N2O5S/c1-2-6-15-18(24)21(9-10-27-15)12-16(22)20-14(17(23)19(25)26)11-13-7-4-3-5-8-13/h3-5,7-10,14-15H,2,6,11-12H2,1H3,(H,20,22)(H,25,26)/t14-,15?/m0/s1. The molecule has 1 aliphatic heterocycles. The number of hydrogen-bond acceptors (Lipinski definition) is 5. The molecule has 1 heterocycles. The molecule has 144 valence electrons. The molecule has 1 aromatic rings. The number of carboxylic acids is 1. The summed E-state index contributed by atoms with van der Waals surface area (Å²) >= 11 is 1.42. The van der Waals surface area contributed by atoms with Crippen molar-refractivity contribution in [2.24, 2.45) is 0 Å². The molecule has 0 bridgehead atoms. The van der Waals surface area contributed by atoms with Crippen molar-refractivity contribution in [1.82, 2.24) is 10.2 Å². The van der Waals surface area contributed by atoms with E-state index >= 15 is 0 Å². The Morgan fingerprint density at radius 2 is 1.96 bits per heavy atom. The predicted octanol–water partition coefficient (Wildman–Crippen LogP) is 1.58. The molecule has 1 aliphatic rings. The highest BCUT2D eigenvalue weighted by Crippen LogP contribution is 2.24. The Hall–Kier alpha value is -2.61. The van der Waals surface area contributed by atoms with Crippen LogP contribution in [-0.4, -0.2) is 51.4 Å². The summed E-state index contributed by atoms with van der Waals surface area (Å²) in [7, 11) is 0. The molecule has 0 saturated carbocycles. The Kier molecular flexibility index (Phi) is 7.60. The fraction of sp³-hybridized carbons (Fsp3) is 0.368. The van der Waals surface area contributed by atoms with Gasteiger partial charge in [-0.1, -0.05) is 43.7 Å². The number of rotatable bonds is 9. The minimum Gasteiger partial charge on any atom is -0.475 e. The largest absolute Gasteiger partial charge is 0.475 e. The summed E-state index contributed by atoms with van der Waals surface area (Å²) < 4.78 is 0. The van der Waals surface area contributed by atoms with Gasteiger partial charge in [-0.15, -0.1) is 11.8 Å². The van der Waals surface area contributed by atoms with Gasteiger partial charge < -0.3 is 15.3 Å². The predicted molar refractivity (Wildman–Crippen MR) is 102 cm³/mol. The van der Waals surface area contributed by atoms with Gasteiger partial charge in [0.1, 0.15) is 12.6 Å². The summed E-state index contributed by atoms with van der Waals surface area (Å²) in [5, 5.41) is 13.0. The van der Waals surface area contributed by atoms with E-state index in [1.54, 1.807) is 35.7 Å². The lowest BCUT2D eigenvalue weighted by molar-refractivity contribution is -0.150. The van der Waals surface area contributed by atoms with Crippen molar-refractivity contribution in [1.29, 1.82) is 0 Å². The van der Waals surface area contributed by atoms with Crippen LogP contribution in [0.15, 0.2) is 41.9 Å². The number of carboxylic acid groups (broad SMARTS) is 1. The van der Waals surface area contributed by atoms with E-state index in [-0.39, 0.29) is 24.1 Å². The van der Waals surface area contributed by atoms with Crippen LogP contribution in [0.4, 0.5) is 0 Å². The number of amides is 2. The summed E-state index contributed by atoms with van der Waals surface area (Å²) in [5.74, 6) is -3.44. The highest BCUT2D eigenvalue weighted by molar-refractivity contribution is 8.03. The van der Waals surface area contributed by atoms with Crippen molar-refractivity contribution >= 4 is 35.3 Å². The van der Waals surface area contributed by atoms with Crippen molar-refractivity contribution in [3.8, 4) is 0 Å². The second-order valence-electron chi connectivity index (χ2n) is 6.14. The lowest BCUT2D eigenvalue weighted by Crippen LogP contribution is -2.49. The lowest BCUT2D eigenvalue weighted by Gasteiger charge is -2.27. The van der Waals surface area contributed by atoms with Gasteiger partial charge in [0.2, 0.25) is 11.8 Å². The first-order chi connectivity index (χ1) is 12.9. The van der Waals surface area contributed by atoms with Crippen LogP contribution >= 0.6 is 11.8 Å². The number of aliphatic carboxylic acids is 1. The molecule has 2 rings (SSSR count). The van der Waals surface area contributed by atoms with Crippen molar-refractivity contribution in [3.05, 3.63) is 47.5 Å². The first-order valence-corrected chi connectivity index (χ1v) is 9.59. The van der Waals surface area contributed by atoms with Gasteiger partial charge in [0, 0.05) is 12.6 Å². The smallest absolute Gasteiger partial charge is 0.374 e. The molecule has 0 saturated heterocycles. The maximum absolute atomic E-state index is 12.4. The Bertz CT molecular complexity index is 735. The van der Waals surface area contributed by atoms with E-state index in [0.29, 0.717) is 6.42 Å². The molecule has 0 fully saturated rings. The number of nitrogens with zero attached hydrogens (tertiary/aromatic N) is 1. The minimum absolute atomic E-state index is 0.0653. The lowest BCUT2D eigenvalue weighted by atomic mass is 10.0. The molecule has 1 aromatic carbocycles. The molecule has 1 unspecified atom stereocenters. The number of ketones is 1. The zero-order chi connectivity index (χ0) is 19.8.